The molecule has 8 heteroatoms. The zero-order chi connectivity index (χ0) is 11.1. The zero-order valence-electron chi connectivity index (χ0n) is 7.25. The molecule has 0 aromatic carbocycles. The van der Waals surface area contributed by atoms with Gasteiger partial charge in [-0.3, -0.25) is 9.59 Å². The van der Waals surface area contributed by atoms with Gasteiger partial charge in [-0.25, -0.2) is 0 Å². The van der Waals surface area contributed by atoms with Gasteiger partial charge in [0, 0.05) is 11.5 Å². The number of nitrogens with two attached hydrogens (primary N) is 2. The molecule has 0 aromatic rings. The van der Waals surface area contributed by atoms with Crippen LogP contribution in [-0.4, -0.2) is 45.7 Å². The summed E-state index contributed by atoms with van der Waals surface area (Å²) in [6.45, 7) is 0. The third-order valence-corrected chi connectivity index (χ3v) is 3.69. The summed E-state index contributed by atoms with van der Waals surface area (Å²) >= 11 is 0. The molecule has 0 aliphatic heterocycles. The predicted octanol–water partition coefficient (Wildman–Crippen LogP) is -0.808. The maximum Gasteiger partial charge on any atom is 0.321 e. The third-order valence-electron chi connectivity index (χ3n) is 1.21. The van der Waals surface area contributed by atoms with E-state index in [0.29, 0.717) is 0 Å². The highest BCUT2D eigenvalue weighted by Gasteiger charge is 2.14. The fourth-order valence-corrected chi connectivity index (χ4v) is 2.61. The molecule has 0 bridgehead atoms. The number of carbonyl (C=O) groups is 2. The second-order valence-corrected chi connectivity index (χ2v) is 5.01. The molecule has 0 radical (unpaired) electrons. The maximum absolute atomic E-state index is 10.3. The van der Waals surface area contributed by atoms with Gasteiger partial charge in [-0.2, -0.15) is 0 Å². The Bertz CT molecular complexity index is 192. The molecule has 6 nitrogen and oxygen atoms in total. The van der Waals surface area contributed by atoms with Crippen molar-refractivity contribution in [2.24, 2.45) is 11.5 Å². The number of rotatable bonds is 7. The predicted molar refractivity (Wildman–Crippen MR) is 56.1 cm³/mol. The van der Waals surface area contributed by atoms with Gasteiger partial charge in [-0.15, -0.1) is 0 Å². The number of aliphatic carboxylic acids is 2. The molecule has 0 spiro atoms. The van der Waals surface area contributed by atoms with Crippen LogP contribution in [0.2, 0.25) is 0 Å². The van der Waals surface area contributed by atoms with E-state index in [1.54, 1.807) is 0 Å². The van der Waals surface area contributed by atoms with E-state index in [-0.39, 0.29) is 11.5 Å². The minimum atomic E-state index is -1.07. The average molecular weight is 242 g/mol. The minimum absolute atomic E-state index is 0.229. The Balaban J connectivity index is 3.47. The smallest absolute Gasteiger partial charge is 0.321 e. The van der Waals surface area contributed by atoms with Crippen LogP contribution in [0.1, 0.15) is 0 Å². The second-order valence-electron chi connectivity index (χ2n) is 2.46. The van der Waals surface area contributed by atoms with Crippen molar-refractivity contribution in [2.75, 3.05) is 11.5 Å². The molecule has 0 amide bonds. The van der Waals surface area contributed by atoms with E-state index in [9.17, 15) is 9.59 Å². The molecule has 0 aliphatic carbocycles. The zero-order valence-corrected chi connectivity index (χ0v) is 8.88. The van der Waals surface area contributed by atoms with Gasteiger partial charge in [-0.05, 0) is 0 Å². The first-order valence-corrected chi connectivity index (χ1v) is 6.15. The first kappa shape index (κ1) is 13.6. The highest BCUT2D eigenvalue weighted by molar-refractivity contribution is 8.76. The van der Waals surface area contributed by atoms with Gasteiger partial charge >= 0.3 is 11.9 Å². The Morgan fingerprint density at radius 3 is 1.50 bits per heavy atom. The Morgan fingerprint density at radius 2 is 1.29 bits per heavy atom. The summed E-state index contributed by atoms with van der Waals surface area (Å²) in [5.41, 5.74) is 10.4. The molecular formula is C6H12N2O4S2. The van der Waals surface area contributed by atoms with E-state index in [1.807, 2.05) is 0 Å². The Morgan fingerprint density at radius 1 is 1.00 bits per heavy atom. The Kier molecular flexibility index (Phi) is 6.71. The van der Waals surface area contributed by atoms with Gasteiger partial charge in [-0.1, -0.05) is 21.6 Å². The molecule has 0 saturated heterocycles. The number of hydrogen-bond acceptors (Lipinski definition) is 6. The summed E-state index contributed by atoms with van der Waals surface area (Å²) in [6.07, 6.45) is 0. The van der Waals surface area contributed by atoms with Crippen LogP contribution in [0.15, 0.2) is 0 Å². The van der Waals surface area contributed by atoms with Crippen LogP contribution in [-0.2, 0) is 9.59 Å². The molecule has 0 rings (SSSR count). The van der Waals surface area contributed by atoms with E-state index in [2.05, 4.69) is 0 Å². The summed E-state index contributed by atoms with van der Waals surface area (Å²) < 4.78 is 0. The molecule has 0 aromatic heterocycles. The van der Waals surface area contributed by atoms with Crippen LogP contribution < -0.4 is 11.5 Å². The van der Waals surface area contributed by atoms with E-state index in [4.69, 9.17) is 21.7 Å². The maximum atomic E-state index is 10.3. The highest BCUT2D eigenvalue weighted by Crippen LogP contribution is 2.22. The molecule has 14 heavy (non-hydrogen) atoms. The average Bonchev–Trinajstić information content (AvgIpc) is 2.11. The summed E-state index contributed by atoms with van der Waals surface area (Å²) in [5, 5.41) is 16.8. The van der Waals surface area contributed by atoms with Crippen molar-refractivity contribution >= 4 is 33.5 Å². The lowest BCUT2D eigenvalue weighted by Gasteiger charge is -2.07. The SMILES string of the molecule is NC(CSSCC(N)[13C](=O)O)[13C](=O)O. The summed E-state index contributed by atoms with van der Waals surface area (Å²) in [7, 11) is 2.41. The van der Waals surface area contributed by atoms with Crippen molar-refractivity contribution in [3.63, 3.8) is 0 Å². The number of hydrogen-bond donors (Lipinski definition) is 4. The van der Waals surface area contributed by atoms with Crippen molar-refractivity contribution in [1.82, 2.24) is 0 Å². The lowest BCUT2D eigenvalue weighted by Crippen LogP contribution is -2.33. The first-order valence-electron chi connectivity index (χ1n) is 3.66. The van der Waals surface area contributed by atoms with E-state index < -0.39 is 24.0 Å². The number of carboxylic acid groups (broad SMARTS) is 2. The van der Waals surface area contributed by atoms with Crippen molar-refractivity contribution < 1.29 is 19.8 Å². The standard InChI is InChI=1S/C6H12N2O4S2/c7-3(5(9)10)1-13-14-2-4(8)6(11)12/h3-4H,1-2,7-8H2,(H,9,10)(H,11,12)/i5+1,6+1. The van der Waals surface area contributed by atoms with Gasteiger partial charge in [0.1, 0.15) is 12.1 Å². The van der Waals surface area contributed by atoms with Crippen LogP contribution in [0.5, 0.6) is 0 Å². The fourth-order valence-electron chi connectivity index (χ4n) is 0.385. The highest BCUT2D eigenvalue weighted by atomic mass is 33.1. The monoisotopic (exact) mass is 242 g/mol. The van der Waals surface area contributed by atoms with Gasteiger partial charge < -0.3 is 21.7 Å². The van der Waals surface area contributed by atoms with Gasteiger partial charge in [0.15, 0.2) is 0 Å². The van der Waals surface area contributed by atoms with Crippen LogP contribution in [0, 0.1) is 0 Å². The molecule has 6 N–H and O–H groups in total. The molecule has 0 aliphatic rings. The van der Waals surface area contributed by atoms with Crippen molar-refractivity contribution in [2.45, 2.75) is 12.1 Å². The Hall–Kier alpha value is -0.440. The van der Waals surface area contributed by atoms with Gasteiger partial charge in [0.25, 0.3) is 0 Å². The molecule has 0 heterocycles. The quantitative estimate of drug-likeness (QED) is 0.259. The molecule has 2 atom stereocenters. The normalized spacial score (nSPS) is 14.7. The van der Waals surface area contributed by atoms with Crippen LogP contribution in [0.25, 0.3) is 0 Å². The first-order chi connectivity index (χ1) is 6.45. The lowest BCUT2D eigenvalue weighted by atomic mass is 10.6. The molecule has 0 saturated carbocycles. The van der Waals surface area contributed by atoms with Crippen LogP contribution in [0.4, 0.5) is 0 Å². The lowest BCUT2D eigenvalue weighted by molar-refractivity contribution is -0.138. The largest absolute Gasteiger partial charge is 0.480 e. The van der Waals surface area contributed by atoms with E-state index in [1.165, 1.54) is 21.6 Å². The van der Waals surface area contributed by atoms with Crippen LogP contribution in [0.3, 0.4) is 0 Å². The third kappa shape index (κ3) is 6.08. The van der Waals surface area contributed by atoms with Crippen molar-refractivity contribution in [3.05, 3.63) is 0 Å². The Labute approximate surface area is 88.8 Å². The molecule has 0 fully saturated rings. The van der Waals surface area contributed by atoms with Crippen molar-refractivity contribution in [3.8, 4) is 0 Å². The van der Waals surface area contributed by atoms with Gasteiger partial charge in [0.05, 0.1) is 0 Å². The summed E-state index contributed by atoms with van der Waals surface area (Å²) in [6, 6.07) is -1.85. The fraction of sp³-hybridized carbons (Fsp3) is 0.667. The van der Waals surface area contributed by atoms with Crippen molar-refractivity contribution in [1.29, 1.82) is 0 Å². The number of carboxylic acids is 2. The summed E-state index contributed by atoms with van der Waals surface area (Å²) in [4.78, 5) is 20.5. The van der Waals surface area contributed by atoms with Crippen LogP contribution >= 0.6 is 21.6 Å². The minimum Gasteiger partial charge on any atom is -0.480 e. The van der Waals surface area contributed by atoms with E-state index in [0.717, 1.165) is 0 Å². The van der Waals surface area contributed by atoms with E-state index >= 15 is 0 Å². The topological polar surface area (TPSA) is 127 Å². The molecule has 2 unspecified atom stereocenters. The van der Waals surface area contributed by atoms with Gasteiger partial charge in [0.2, 0.25) is 0 Å². The molecular weight excluding hydrogens is 230 g/mol. The second kappa shape index (κ2) is 6.93. The summed E-state index contributed by atoms with van der Waals surface area (Å²) in [5.74, 6) is -1.68. The molecule has 82 valence electrons.